The Morgan fingerprint density at radius 3 is 2.17 bits per heavy atom. The average Bonchev–Trinajstić information content (AvgIpc) is 3.41. The number of hydrogen-bond acceptors (Lipinski definition) is 4. The second-order valence-corrected chi connectivity index (χ2v) is 11.5. The molecule has 0 aromatic heterocycles. The van der Waals surface area contributed by atoms with Crippen molar-refractivity contribution in [2.45, 2.75) is 63.9 Å². The SMILES string of the molecule is CC(C)CNC(=O)C(C)N(Cc1ccccc1)C(=O)CCc1ccc(S(=O)(=O)N2CCCC2)cc1. The van der Waals surface area contributed by atoms with Crippen molar-refractivity contribution in [1.29, 1.82) is 0 Å². The van der Waals surface area contributed by atoms with E-state index in [9.17, 15) is 18.0 Å². The minimum Gasteiger partial charge on any atom is -0.354 e. The summed E-state index contributed by atoms with van der Waals surface area (Å²) in [5.41, 5.74) is 1.84. The largest absolute Gasteiger partial charge is 0.354 e. The predicted octanol–water partition coefficient (Wildman–Crippen LogP) is 3.59. The lowest BCUT2D eigenvalue weighted by molar-refractivity contribution is -0.140. The first-order chi connectivity index (χ1) is 16.7. The monoisotopic (exact) mass is 499 g/mol. The summed E-state index contributed by atoms with van der Waals surface area (Å²) >= 11 is 0. The van der Waals surface area contributed by atoms with E-state index in [1.165, 1.54) is 4.31 Å². The van der Waals surface area contributed by atoms with Crippen molar-refractivity contribution in [2.75, 3.05) is 19.6 Å². The highest BCUT2D eigenvalue weighted by molar-refractivity contribution is 7.89. The van der Waals surface area contributed by atoms with Gasteiger partial charge in [-0.15, -0.1) is 0 Å². The van der Waals surface area contributed by atoms with Gasteiger partial charge in [0.1, 0.15) is 6.04 Å². The van der Waals surface area contributed by atoms with Gasteiger partial charge in [0.05, 0.1) is 4.90 Å². The second-order valence-electron chi connectivity index (χ2n) is 9.58. The highest BCUT2D eigenvalue weighted by Gasteiger charge is 2.28. The third-order valence-corrected chi connectivity index (χ3v) is 8.21. The first kappa shape index (κ1) is 26.9. The van der Waals surface area contributed by atoms with Gasteiger partial charge in [0, 0.05) is 32.6 Å². The Labute approximate surface area is 209 Å². The van der Waals surface area contributed by atoms with Crippen LogP contribution in [0.1, 0.15) is 51.2 Å². The Balaban J connectivity index is 1.66. The quantitative estimate of drug-likeness (QED) is 0.512. The van der Waals surface area contributed by atoms with Crippen LogP contribution in [0.15, 0.2) is 59.5 Å². The molecule has 2 amide bonds. The molecule has 1 N–H and O–H groups in total. The lowest BCUT2D eigenvalue weighted by atomic mass is 10.1. The van der Waals surface area contributed by atoms with Crippen LogP contribution >= 0.6 is 0 Å². The third kappa shape index (κ3) is 7.39. The van der Waals surface area contributed by atoms with E-state index in [1.807, 2.05) is 44.2 Å². The second kappa shape index (κ2) is 12.3. The van der Waals surface area contributed by atoms with Gasteiger partial charge in [-0.2, -0.15) is 4.31 Å². The van der Waals surface area contributed by atoms with Crippen LogP contribution in [0.3, 0.4) is 0 Å². The molecule has 0 radical (unpaired) electrons. The van der Waals surface area contributed by atoms with Crippen molar-refractivity contribution >= 4 is 21.8 Å². The van der Waals surface area contributed by atoms with Crippen LogP contribution < -0.4 is 5.32 Å². The molecular formula is C27H37N3O4S. The van der Waals surface area contributed by atoms with Gasteiger partial charge in [-0.05, 0) is 55.4 Å². The van der Waals surface area contributed by atoms with Crippen LogP contribution in [0.2, 0.25) is 0 Å². The maximum absolute atomic E-state index is 13.2. The molecule has 1 atom stereocenters. The van der Waals surface area contributed by atoms with Crippen molar-refractivity contribution in [3.63, 3.8) is 0 Å². The Hall–Kier alpha value is -2.71. The van der Waals surface area contributed by atoms with Gasteiger partial charge in [0.2, 0.25) is 21.8 Å². The highest BCUT2D eigenvalue weighted by atomic mass is 32.2. The zero-order valence-electron chi connectivity index (χ0n) is 20.9. The van der Waals surface area contributed by atoms with Gasteiger partial charge >= 0.3 is 0 Å². The molecule has 0 spiro atoms. The number of sulfonamides is 1. The number of benzene rings is 2. The standard InChI is InChI=1S/C27H37N3O4S/c1-21(2)19-28-27(32)22(3)30(20-24-9-5-4-6-10-24)26(31)16-13-23-11-14-25(15-12-23)35(33,34)29-17-7-8-18-29/h4-6,9-12,14-15,21-22H,7-8,13,16-20H2,1-3H3,(H,28,32). The van der Waals surface area contributed by atoms with E-state index in [2.05, 4.69) is 5.32 Å². The zero-order chi connectivity index (χ0) is 25.4. The van der Waals surface area contributed by atoms with Crippen LogP contribution in [0.25, 0.3) is 0 Å². The Kier molecular flexibility index (Phi) is 9.46. The number of carbonyl (C=O) groups is 2. The summed E-state index contributed by atoms with van der Waals surface area (Å²) in [6.07, 6.45) is 2.49. The molecule has 1 unspecified atom stereocenters. The van der Waals surface area contributed by atoms with Gasteiger partial charge in [-0.1, -0.05) is 56.3 Å². The summed E-state index contributed by atoms with van der Waals surface area (Å²) in [4.78, 5) is 27.9. The summed E-state index contributed by atoms with van der Waals surface area (Å²) in [7, 11) is -3.45. The number of hydrogen-bond donors (Lipinski definition) is 1. The Bertz CT molecular complexity index is 1080. The van der Waals surface area contributed by atoms with E-state index < -0.39 is 16.1 Å². The third-order valence-electron chi connectivity index (χ3n) is 6.30. The number of carbonyl (C=O) groups excluding carboxylic acids is 2. The molecule has 2 aromatic carbocycles. The van der Waals surface area contributed by atoms with E-state index in [-0.39, 0.29) is 23.1 Å². The lowest BCUT2D eigenvalue weighted by Crippen LogP contribution is -2.48. The first-order valence-electron chi connectivity index (χ1n) is 12.4. The smallest absolute Gasteiger partial charge is 0.243 e. The van der Waals surface area contributed by atoms with Crippen molar-refractivity contribution in [3.8, 4) is 0 Å². The Morgan fingerprint density at radius 1 is 0.943 bits per heavy atom. The number of rotatable bonds is 11. The molecule has 0 aliphatic carbocycles. The van der Waals surface area contributed by atoms with Crippen molar-refractivity contribution in [3.05, 3.63) is 65.7 Å². The van der Waals surface area contributed by atoms with E-state index >= 15 is 0 Å². The van der Waals surface area contributed by atoms with E-state index in [0.29, 0.717) is 38.5 Å². The number of aryl methyl sites for hydroxylation is 1. The molecule has 0 bridgehead atoms. The summed E-state index contributed by atoms with van der Waals surface area (Å²) in [5.74, 6) is 0.0379. The fraction of sp³-hybridized carbons (Fsp3) is 0.481. The minimum absolute atomic E-state index is 0.116. The van der Waals surface area contributed by atoms with Crippen LogP contribution in [-0.4, -0.2) is 55.1 Å². The van der Waals surface area contributed by atoms with Crippen LogP contribution in [-0.2, 0) is 32.6 Å². The highest BCUT2D eigenvalue weighted by Crippen LogP contribution is 2.21. The van der Waals surface area contributed by atoms with Gasteiger partial charge in [-0.25, -0.2) is 8.42 Å². The fourth-order valence-corrected chi connectivity index (χ4v) is 5.63. The van der Waals surface area contributed by atoms with Gasteiger partial charge in [0.25, 0.3) is 0 Å². The Morgan fingerprint density at radius 2 is 1.57 bits per heavy atom. The van der Waals surface area contributed by atoms with Gasteiger partial charge in [0.15, 0.2) is 0 Å². The summed E-state index contributed by atoms with van der Waals surface area (Å²) in [5, 5.41) is 2.93. The average molecular weight is 500 g/mol. The molecule has 35 heavy (non-hydrogen) atoms. The van der Waals surface area contributed by atoms with Gasteiger partial charge < -0.3 is 10.2 Å². The number of amides is 2. The molecule has 1 aliphatic heterocycles. The fourth-order valence-electron chi connectivity index (χ4n) is 4.12. The lowest BCUT2D eigenvalue weighted by Gasteiger charge is -2.29. The summed E-state index contributed by atoms with van der Waals surface area (Å²) in [6.45, 7) is 7.86. The van der Waals surface area contributed by atoms with Crippen LogP contribution in [0, 0.1) is 5.92 Å². The van der Waals surface area contributed by atoms with E-state index in [1.54, 1.807) is 36.1 Å². The normalized spacial score (nSPS) is 15.2. The molecule has 3 rings (SSSR count). The zero-order valence-corrected chi connectivity index (χ0v) is 21.8. The van der Waals surface area contributed by atoms with Crippen LogP contribution in [0.4, 0.5) is 0 Å². The molecule has 1 fully saturated rings. The maximum Gasteiger partial charge on any atom is 0.243 e. The van der Waals surface area contributed by atoms with E-state index in [4.69, 9.17) is 0 Å². The van der Waals surface area contributed by atoms with Crippen molar-refractivity contribution < 1.29 is 18.0 Å². The molecule has 2 aromatic rings. The molecular weight excluding hydrogens is 462 g/mol. The maximum atomic E-state index is 13.2. The summed E-state index contributed by atoms with van der Waals surface area (Å²) < 4.78 is 27.0. The molecule has 7 nitrogen and oxygen atoms in total. The molecule has 190 valence electrons. The topological polar surface area (TPSA) is 86.8 Å². The van der Waals surface area contributed by atoms with Crippen molar-refractivity contribution in [1.82, 2.24) is 14.5 Å². The van der Waals surface area contributed by atoms with Gasteiger partial charge in [-0.3, -0.25) is 9.59 Å². The molecule has 8 heteroatoms. The molecule has 0 saturated carbocycles. The molecule has 1 heterocycles. The van der Waals surface area contributed by atoms with Crippen LogP contribution in [0.5, 0.6) is 0 Å². The predicted molar refractivity (Wildman–Crippen MR) is 137 cm³/mol. The van der Waals surface area contributed by atoms with E-state index in [0.717, 1.165) is 24.0 Å². The first-order valence-corrected chi connectivity index (χ1v) is 13.8. The number of nitrogens with one attached hydrogen (secondary N) is 1. The molecule has 1 aliphatic rings. The summed E-state index contributed by atoms with van der Waals surface area (Å²) in [6, 6.07) is 15.8. The minimum atomic E-state index is -3.45. The van der Waals surface area contributed by atoms with Crippen molar-refractivity contribution in [2.24, 2.45) is 5.92 Å². The molecule has 1 saturated heterocycles. The number of nitrogens with zero attached hydrogens (tertiary/aromatic N) is 2.